The Morgan fingerprint density at radius 2 is 2.04 bits per heavy atom. The van der Waals surface area contributed by atoms with Crippen LogP contribution >= 0.6 is 0 Å². The zero-order valence-electron chi connectivity index (χ0n) is 13.9. The summed E-state index contributed by atoms with van der Waals surface area (Å²) in [6, 6.07) is 0.976. The van der Waals surface area contributed by atoms with Crippen LogP contribution in [0.2, 0.25) is 0 Å². The minimum Gasteiger partial charge on any atom is -0.369 e. The summed E-state index contributed by atoms with van der Waals surface area (Å²) < 4.78 is 51.5. The number of hydrogen-bond acceptors (Lipinski definition) is 3. The predicted octanol–water partition coefficient (Wildman–Crippen LogP) is 2.16. The number of carbonyl (C=O) groups is 2. The number of nitrogens with one attached hydrogen (secondary N) is 2. The Balaban J connectivity index is 1.83. The van der Waals surface area contributed by atoms with Gasteiger partial charge in [0.15, 0.2) is 0 Å². The van der Waals surface area contributed by atoms with E-state index < -0.39 is 29.3 Å². The van der Waals surface area contributed by atoms with Crippen molar-refractivity contribution in [2.75, 3.05) is 31.5 Å². The molecule has 6 nitrogen and oxygen atoms in total. The lowest BCUT2D eigenvalue weighted by Crippen LogP contribution is -2.44. The predicted molar refractivity (Wildman–Crippen MR) is 86.8 cm³/mol. The number of benzene rings is 1. The molecule has 10 heteroatoms. The van der Waals surface area contributed by atoms with E-state index in [1.165, 1.54) is 0 Å². The Morgan fingerprint density at radius 3 is 2.69 bits per heavy atom. The van der Waals surface area contributed by atoms with Crippen molar-refractivity contribution in [2.24, 2.45) is 11.7 Å². The van der Waals surface area contributed by atoms with Crippen LogP contribution in [0, 0.1) is 11.7 Å². The van der Waals surface area contributed by atoms with Gasteiger partial charge in [0, 0.05) is 19.6 Å². The highest BCUT2D eigenvalue weighted by Gasteiger charge is 2.31. The smallest absolute Gasteiger partial charge is 0.369 e. The van der Waals surface area contributed by atoms with Crippen LogP contribution in [0.15, 0.2) is 18.2 Å². The number of amides is 3. The maximum atomic E-state index is 13.6. The van der Waals surface area contributed by atoms with Crippen LogP contribution in [0.5, 0.6) is 0 Å². The molecule has 2 rings (SSSR count). The van der Waals surface area contributed by atoms with E-state index in [1.807, 2.05) is 4.90 Å². The number of nitrogens with two attached hydrogens (primary N) is 1. The largest absolute Gasteiger partial charge is 0.416 e. The number of halogens is 4. The second-order valence-electron chi connectivity index (χ2n) is 6.12. The lowest BCUT2D eigenvalue weighted by molar-refractivity contribution is -0.137. The number of hydrogen-bond donors (Lipinski definition) is 3. The SMILES string of the molecule is NC(=O)[C@H]1CCCN(CCNC(=O)Nc2cc(C(F)(F)F)ccc2F)C1. The van der Waals surface area contributed by atoms with Gasteiger partial charge < -0.3 is 21.3 Å². The van der Waals surface area contributed by atoms with Gasteiger partial charge >= 0.3 is 12.2 Å². The maximum Gasteiger partial charge on any atom is 0.416 e. The fourth-order valence-electron chi connectivity index (χ4n) is 2.78. The highest BCUT2D eigenvalue weighted by atomic mass is 19.4. The topological polar surface area (TPSA) is 87.5 Å². The van der Waals surface area contributed by atoms with Gasteiger partial charge in [-0.1, -0.05) is 0 Å². The fourth-order valence-corrected chi connectivity index (χ4v) is 2.78. The van der Waals surface area contributed by atoms with Crippen LogP contribution in [-0.4, -0.2) is 43.0 Å². The summed E-state index contributed by atoms with van der Waals surface area (Å²) in [6.45, 7) is 1.90. The summed E-state index contributed by atoms with van der Waals surface area (Å²) >= 11 is 0. The van der Waals surface area contributed by atoms with E-state index in [4.69, 9.17) is 5.73 Å². The van der Waals surface area contributed by atoms with E-state index in [0.717, 1.165) is 19.4 Å². The standard InChI is InChI=1S/C16H20F4N4O2/c17-12-4-3-11(16(18,19)20)8-13(12)23-15(26)22-5-7-24-6-1-2-10(9-24)14(21)25/h3-4,8,10H,1-2,5-7,9H2,(H2,21,25)(H2,22,23,26)/t10-/m0/s1. The summed E-state index contributed by atoms with van der Waals surface area (Å²) in [5.41, 5.74) is 3.68. The van der Waals surface area contributed by atoms with E-state index in [2.05, 4.69) is 10.6 Å². The minimum atomic E-state index is -4.63. The molecule has 0 saturated carbocycles. The first-order chi connectivity index (χ1) is 12.2. The number of anilines is 1. The Kier molecular flexibility index (Phi) is 6.41. The Morgan fingerprint density at radius 1 is 1.31 bits per heavy atom. The monoisotopic (exact) mass is 376 g/mol. The molecule has 0 spiro atoms. The highest BCUT2D eigenvalue weighted by Crippen LogP contribution is 2.31. The normalized spacial score (nSPS) is 18.4. The molecule has 1 saturated heterocycles. The van der Waals surface area contributed by atoms with Crippen LogP contribution < -0.4 is 16.4 Å². The number of rotatable bonds is 5. The summed E-state index contributed by atoms with van der Waals surface area (Å²) in [5.74, 6) is -1.55. The minimum absolute atomic E-state index is 0.192. The molecule has 0 aliphatic carbocycles. The van der Waals surface area contributed by atoms with E-state index in [1.54, 1.807) is 0 Å². The summed E-state index contributed by atoms with van der Waals surface area (Å²) in [4.78, 5) is 25.0. The first-order valence-corrected chi connectivity index (χ1v) is 8.10. The average molecular weight is 376 g/mol. The van der Waals surface area contributed by atoms with Gasteiger partial charge in [0.1, 0.15) is 5.82 Å². The molecule has 1 aliphatic rings. The van der Waals surface area contributed by atoms with Crippen molar-refractivity contribution in [3.8, 4) is 0 Å². The number of urea groups is 1. The van der Waals surface area contributed by atoms with E-state index in [-0.39, 0.29) is 18.4 Å². The summed E-state index contributed by atoms with van der Waals surface area (Å²) in [5, 5.41) is 4.52. The van der Waals surface area contributed by atoms with Crippen LogP contribution in [-0.2, 0) is 11.0 Å². The van der Waals surface area contributed by atoms with Crippen molar-refractivity contribution < 1.29 is 27.2 Å². The lowest BCUT2D eigenvalue weighted by atomic mass is 9.97. The number of primary amides is 1. The first kappa shape index (κ1) is 20.0. The van der Waals surface area contributed by atoms with Crippen molar-refractivity contribution >= 4 is 17.6 Å². The van der Waals surface area contributed by atoms with Crippen LogP contribution in [0.25, 0.3) is 0 Å². The van der Waals surface area contributed by atoms with Gasteiger partial charge in [0.2, 0.25) is 5.91 Å². The van der Waals surface area contributed by atoms with Gasteiger partial charge in [-0.25, -0.2) is 9.18 Å². The van der Waals surface area contributed by atoms with Gasteiger partial charge in [0.05, 0.1) is 17.2 Å². The summed E-state index contributed by atoms with van der Waals surface area (Å²) in [7, 11) is 0. The summed E-state index contributed by atoms with van der Waals surface area (Å²) in [6.07, 6.45) is -3.09. The molecule has 1 fully saturated rings. The maximum absolute atomic E-state index is 13.6. The zero-order valence-corrected chi connectivity index (χ0v) is 13.9. The Hall–Kier alpha value is -2.36. The second kappa shape index (κ2) is 8.35. The highest BCUT2D eigenvalue weighted by molar-refractivity contribution is 5.89. The molecule has 0 bridgehead atoms. The van der Waals surface area contributed by atoms with Gasteiger partial charge in [-0.3, -0.25) is 4.79 Å². The Bertz CT molecular complexity index is 666. The van der Waals surface area contributed by atoms with Crippen molar-refractivity contribution in [1.29, 1.82) is 0 Å². The molecule has 0 radical (unpaired) electrons. The molecule has 26 heavy (non-hydrogen) atoms. The lowest BCUT2D eigenvalue weighted by Gasteiger charge is -2.31. The molecule has 1 heterocycles. The van der Waals surface area contributed by atoms with E-state index >= 15 is 0 Å². The molecule has 3 amide bonds. The third-order valence-corrected chi connectivity index (χ3v) is 4.16. The number of nitrogens with zero attached hydrogens (tertiary/aromatic N) is 1. The number of alkyl halides is 3. The molecular weight excluding hydrogens is 356 g/mol. The van der Waals surface area contributed by atoms with E-state index in [0.29, 0.717) is 31.3 Å². The van der Waals surface area contributed by atoms with Crippen LogP contribution in [0.1, 0.15) is 18.4 Å². The van der Waals surface area contributed by atoms with Crippen LogP contribution in [0.4, 0.5) is 28.0 Å². The molecule has 0 aromatic heterocycles. The molecule has 1 atom stereocenters. The quantitative estimate of drug-likeness (QED) is 0.689. The zero-order chi connectivity index (χ0) is 19.3. The van der Waals surface area contributed by atoms with Crippen molar-refractivity contribution in [1.82, 2.24) is 10.2 Å². The third kappa shape index (κ3) is 5.58. The van der Waals surface area contributed by atoms with Gasteiger partial charge in [0.25, 0.3) is 0 Å². The van der Waals surface area contributed by atoms with Crippen molar-refractivity contribution in [2.45, 2.75) is 19.0 Å². The van der Waals surface area contributed by atoms with Crippen molar-refractivity contribution in [3.63, 3.8) is 0 Å². The van der Waals surface area contributed by atoms with Crippen molar-refractivity contribution in [3.05, 3.63) is 29.6 Å². The number of carbonyl (C=O) groups excluding carboxylic acids is 2. The number of piperidine rings is 1. The Labute approximate surface area is 147 Å². The average Bonchev–Trinajstić information content (AvgIpc) is 2.56. The molecule has 1 aromatic rings. The first-order valence-electron chi connectivity index (χ1n) is 8.10. The van der Waals surface area contributed by atoms with Gasteiger partial charge in [-0.05, 0) is 37.6 Å². The molecule has 144 valence electrons. The second-order valence-corrected chi connectivity index (χ2v) is 6.12. The molecule has 1 aromatic carbocycles. The molecule has 1 aliphatic heterocycles. The van der Waals surface area contributed by atoms with Gasteiger partial charge in [-0.2, -0.15) is 13.2 Å². The number of likely N-dealkylation sites (tertiary alicyclic amines) is 1. The molecular formula is C16H20F4N4O2. The van der Waals surface area contributed by atoms with Gasteiger partial charge in [-0.15, -0.1) is 0 Å². The third-order valence-electron chi connectivity index (χ3n) is 4.16. The fraction of sp³-hybridized carbons (Fsp3) is 0.500. The molecule has 0 unspecified atom stereocenters. The van der Waals surface area contributed by atoms with E-state index in [9.17, 15) is 27.2 Å². The van der Waals surface area contributed by atoms with Crippen LogP contribution in [0.3, 0.4) is 0 Å². The molecule has 4 N–H and O–H groups in total.